The Morgan fingerprint density at radius 1 is 1.26 bits per heavy atom. The van der Waals surface area contributed by atoms with Gasteiger partial charge in [-0.05, 0) is 54.7 Å². The highest BCUT2D eigenvalue weighted by Crippen LogP contribution is 2.33. The van der Waals surface area contributed by atoms with E-state index < -0.39 is 4.92 Å². The van der Waals surface area contributed by atoms with Crippen LogP contribution in [0.25, 0.3) is 6.08 Å². The van der Waals surface area contributed by atoms with Gasteiger partial charge in [0.15, 0.2) is 0 Å². The molecule has 160 valence electrons. The average molecular weight is 485 g/mol. The summed E-state index contributed by atoms with van der Waals surface area (Å²) in [7, 11) is 0. The fourth-order valence-corrected chi connectivity index (χ4v) is 3.61. The molecule has 31 heavy (non-hydrogen) atoms. The number of hydrogen-bond donors (Lipinski definition) is 1. The number of nitro groups is 1. The number of nitrogens with two attached hydrogens (primary N) is 1. The molecule has 2 aromatic rings. The predicted molar refractivity (Wildman–Crippen MR) is 120 cm³/mol. The van der Waals surface area contributed by atoms with Crippen molar-refractivity contribution in [2.75, 3.05) is 6.54 Å². The minimum atomic E-state index is -0.450. The van der Waals surface area contributed by atoms with Crippen molar-refractivity contribution in [2.45, 2.75) is 25.9 Å². The molecular formula is C22H21BrN4O4. The Kier molecular flexibility index (Phi) is 6.15. The SMILES string of the molecule is NC1=Nc2cc(Br)ccc2C=C(C(=O)N(CC2CC2)OCc2ccc([N+](=O)[O-])cc2)C1. The number of fused-ring (bicyclic) bond motifs is 1. The lowest BCUT2D eigenvalue weighted by molar-refractivity contribution is -0.384. The third-order valence-electron chi connectivity index (χ3n) is 5.11. The Hall–Kier alpha value is -3.04. The van der Waals surface area contributed by atoms with Gasteiger partial charge in [0, 0.05) is 34.2 Å². The van der Waals surface area contributed by atoms with Gasteiger partial charge in [-0.25, -0.2) is 10.1 Å². The molecule has 2 aromatic carbocycles. The van der Waals surface area contributed by atoms with Crippen LogP contribution in [0.5, 0.6) is 0 Å². The highest BCUT2D eigenvalue weighted by molar-refractivity contribution is 9.10. The topological polar surface area (TPSA) is 111 Å². The van der Waals surface area contributed by atoms with Crippen molar-refractivity contribution in [3.63, 3.8) is 0 Å². The van der Waals surface area contributed by atoms with E-state index in [0.29, 0.717) is 29.6 Å². The Balaban J connectivity index is 1.53. The number of rotatable bonds is 7. The van der Waals surface area contributed by atoms with E-state index in [1.54, 1.807) is 12.1 Å². The first-order valence-corrected chi connectivity index (χ1v) is 10.7. The summed E-state index contributed by atoms with van der Waals surface area (Å²) < 4.78 is 0.882. The maximum atomic E-state index is 13.3. The Bertz CT molecular complexity index is 1080. The van der Waals surface area contributed by atoms with Crippen LogP contribution in [0.3, 0.4) is 0 Å². The van der Waals surface area contributed by atoms with Crippen LogP contribution in [0.2, 0.25) is 0 Å². The zero-order chi connectivity index (χ0) is 22.0. The second kappa shape index (κ2) is 8.99. The number of nitrogens with zero attached hydrogens (tertiary/aromatic N) is 3. The third kappa shape index (κ3) is 5.36. The van der Waals surface area contributed by atoms with Crippen molar-refractivity contribution >= 4 is 45.1 Å². The van der Waals surface area contributed by atoms with Crippen molar-refractivity contribution in [3.8, 4) is 0 Å². The second-order valence-corrected chi connectivity index (χ2v) is 8.57. The normalized spacial score (nSPS) is 15.4. The van der Waals surface area contributed by atoms with Crippen molar-refractivity contribution in [3.05, 3.63) is 73.8 Å². The summed E-state index contributed by atoms with van der Waals surface area (Å²) in [6.45, 7) is 0.629. The van der Waals surface area contributed by atoms with Crippen LogP contribution in [-0.4, -0.2) is 28.3 Å². The number of hydrogen-bond acceptors (Lipinski definition) is 6. The molecule has 0 spiro atoms. The molecule has 4 rings (SSSR count). The third-order valence-corrected chi connectivity index (χ3v) is 5.61. The van der Waals surface area contributed by atoms with E-state index in [1.165, 1.54) is 17.2 Å². The Labute approximate surface area is 187 Å². The van der Waals surface area contributed by atoms with Crippen molar-refractivity contribution in [2.24, 2.45) is 16.6 Å². The van der Waals surface area contributed by atoms with Crippen molar-refractivity contribution in [1.29, 1.82) is 0 Å². The quantitative estimate of drug-likeness (QED) is 0.459. The summed E-state index contributed by atoms with van der Waals surface area (Å²) in [6, 6.07) is 11.7. The number of hydroxylamine groups is 2. The van der Waals surface area contributed by atoms with Crippen molar-refractivity contribution in [1.82, 2.24) is 5.06 Å². The molecule has 2 N–H and O–H groups in total. The van der Waals surface area contributed by atoms with Crippen LogP contribution in [0.1, 0.15) is 30.4 Å². The van der Waals surface area contributed by atoms with E-state index in [0.717, 1.165) is 28.4 Å². The predicted octanol–water partition coefficient (Wildman–Crippen LogP) is 4.50. The Morgan fingerprint density at radius 3 is 2.68 bits per heavy atom. The van der Waals surface area contributed by atoms with Gasteiger partial charge in [-0.2, -0.15) is 0 Å². The van der Waals surface area contributed by atoms with Gasteiger partial charge in [0.1, 0.15) is 12.4 Å². The summed E-state index contributed by atoms with van der Waals surface area (Å²) in [6.07, 6.45) is 4.16. The standard InChI is InChI=1S/C22H21BrN4O4/c23-18-6-5-16-9-17(10-21(24)25-20(16)11-18)22(28)26(12-14-1-2-14)31-13-15-3-7-19(8-4-15)27(29)30/h3-9,11,14H,1-2,10,12-13H2,(H2,24,25). The lowest BCUT2D eigenvalue weighted by Crippen LogP contribution is -2.35. The second-order valence-electron chi connectivity index (χ2n) is 7.66. The molecule has 0 aromatic heterocycles. The number of amides is 1. The molecule has 9 heteroatoms. The minimum absolute atomic E-state index is 0.0124. The number of carbonyl (C=O) groups is 1. The summed E-state index contributed by atoms with van der Waals surface area (Å²) in [5, 5.41) is 12.2. The maximum Gasteiger partial charge on any atom is 0.273 e. The number of halogens is 1. The molecule has 2 aliphatic rings. The van der Waals surface area contributed by atoms with Gasteiger partial charge < -0.3 is 5.73 Å². The van der Waals surface area contributed by atoms with Crippen LogP contribution in [-0.2, 0) is 16.2 Å². The largest absolute Gasteiger partial charge is 0.387 e. The van der Waals surface area contributed by atoms with Gasteiger partial charge in [-0.3, -0.25) is 19.7 Å². The number of non-ortho nitro benzene ring substituents is 1. The van der Waals surface area contributed by atoms with Crippen LogP contribution < -0.4 is 5.73 Å². The zero-order valence-corrected chi connectivity index (χ0v) is 18.2. The first-order chi connectivity index (χ1) is 14.9. The smallest absolute Gasteiger partial charge is 0.273 e. The van der Waals surface area contributed by atoms with Crippen LogP contribution in [0.15, 0.2) is 57.5 Å². The van der Waals surface area contributed by atoms with E-state index in [1.807, 2.05) is 24.3 Å². The van der Waals surface area contributed by atoms with E-state index >= 15 is 0 Å². The van der Waals surface area contributed by atoms with E-state index in [9.17, 15) is 14.9 Å². The van der Waals surface area contributed by atoms with Crippen LogP contribution >= 0.6 is 15.9 Å². The molecule has 0 bridgehead atoms. The molecule has 1 amide bonds. The molecule has 1 fully saturated rings. The molecule has 0 unspecified atom stereocenters. The highest BCUT2D eigenvalue weighted by Gasteiger charge is 2.30. The lowest BCUT2D eigenvalue weighted by Gasteiger charge is -2.23. The number of benzene rings is 2. The first-order valence-electron chi connectivity index (χ1n) is 9.90. The molecule has 0 atom stereocenters. The maximum absolute atomic E-state index is 13.3. The monoisotopic (exact) mass is 484 g/mol. The summed E-state index contributed by atoms with van der Waals surface area (Å²) in [5.41, 5.74) is 8.85. The summed E-state index contributed by atoms with van der Waals surface area (Å²) in [4.78, 5) is 34.0. The lowest BCUT2D eigenvalue weighted by atomic mass is 10.1. The molecule has 0 saturated heterocycles. The van der Waals surface area contributed by atoms with Crippen LogP contribution in [0.4, 0.5) is 11.4 Å². The summed E-state index contributed by atoms with van der Waals surface area (Å²) in [5.74, 6) is 0.530. The molecule has 1 aliphatic carbocycles. The van der Waals surface area contributed by atoms with Gasteiger partial charge in [0.2, 0.25) is 0 Å². The first kappa shape index (κ1) is 21.2. The Morgan fingerprint density at radius 2 is 2.00 bits per heavy atom. The van der Waals surface area contributed by atoms with Crippen LogP contribution in [0, 0.1) is 16.0 Å². The molecule has 8 nitrogen and oxygen atoms in total. The fourth-order valence-electron chi connectivity index (χ4n) is 3.26. The van der Waals surface area contributed by atoms with Gasteiger partial charge in [-0.1, -0.05) is 22.0 Å². The molecule has 1 aliphatic heterocycles. The number of amidine groups is 1. The van der Waals surface area contributed by atoms with Gasteiger partial charge in [0.05, 0.1) is 17.2 Å². The zero-order valence-electron chi connectivity index (χ0n) is 16.7. The number of carbonyl (C=O) groups excluding carboxylic acids is 1. The van der Waals surface area contributed by atoms with Gasteiger partial charge in [0.25, 0.3) is 11.6 Å². The van der Waals surface area contributed by atoms with E-state index in [-0.39, 0.29) is 24.6 Å². The average Bonchev–Trinajstić information content (AvgIpc) is 3.57. The fraction of sp³-hybridized carbons (Fsp3) is 0.273. The summed E-state index contributed by atoms with van der Waals surface area (Å²) >= 11 is 3.43. The van der Waals surface area contributed by atoms with E-state index in [4.69, 9.17) is 10.6 Å². The molecule has 0 radical (unpaired) electrons. The van der Waals surface area contributed by atoms with Gasteiger partial charge >= 0.3 is 0 Å². The van der Waals surface area contributed by atoms with Gasteiger partial charge in [-0.15, -0.1) is 0 Å². The molecule has 1 saturated carbocycles. The molecule has 1 heterocycles. The molecular weight excluding hydrogens is 464 g/mol. The highest BCUT2D eigenvalue weighted by atomic mass is 79.9. The number of aliphatic imine (C=N–C) groups is 1. The van der Waals surface area contributed by atoms with Crippen molar-refractivity contribution < 1.29 is 14.6 Å². The minimum Gasteiger partial charge on any atom is -0.387 e. The number of nitro benzene ring substituents is 1. The van der Waals surface area contributed by atoms with E-state index in [2.05, 4.69) is 20.9 Å².